The lowest BCUT2D eigenvalue weighted by Gasteiger charge is -2.11. The number of carboxylic acid groups (broad SMARTS) is 1. The fourth-order valence-electron chi connectivity index (χ4n) is 2.59. The van der Waals surface area contributed by atoms with E-state index < -0.39 is 5.97 Å². The zero-order chi connectivity index (χ0) is 13.4. The average molecular weight is 257 g/mol. The molecule has 0 fully saturated rings. The van der Waals surface area contributed by atoms with Gasteiger partial charge in [-0.15, -0.1) is 0 Å². The first-order valence-electron chi connectivity index (χ1n) is 6.49. The van der Waals surface area contributed by atoms with Gasteiger partial charge in [0.2, 0.25) is 0 Å². The fraction of sp³-hybridized carbons (Fsp3) is 0.357. The Morgan fingerprint density at radius 1 is 1.47 bits per heavy atom. The van der Waals surface area contributed by atoms with Gasteiger partial charge in [-0.1, -0.05) is 6.92 Å². The number of carboxylic acids is 1. The van der Waals surface area contributed by atoms with Gasteiger partial charge in [-0.2, -0.15) is 0 Å². The van der Waals surface area contributed by atoms with Crippen molar-refractivity contribution in [2.24, 2.45) is 0 Å². The van der Waals surface area contributed by atoms with E-state index in [4.69, 9.17) is 0 Å². The van der Waals surface area contributed by atoms with Crippen molar-refractivity contribution < 1.29 is 9.90 Å². The van der Waals surface area contributed by atoms with Crippen LogP contribution in [0, 0.1) is 0 Å². The van der Waals surface area contributed by atoms with Gasteiger partial charge < -0.3 is 5.11 Å². The molecule has 0 amide bonds. The minimum Gasteiger partial charge on any atom is -0.478 e. The van der Waals surface area contributed by atoms with Gasteiger partial charge in [0, 0.05) is 24.5 Å². The van der Waals surface area contributed by atoms with Crippen molar-refractivity contribution in [1.29, 1.82) is 0 Å². The van der Waals surface area contributed by atoms with Gasteiger partial charge in [0.05, 0.1) is 0 Å². The van der Waals surface area contributed by atoms with Crippen LogP contribution in [0.1, 0.15) is 40.8 Å². The van der Waals surface area contributed by atoms with Crippen molar-refractivity contribution in [3.8, 4) is 5.82 Å². The molecule has 1 N–H and O–H groups in total. The zero-order valence-electron chi connectivity index (χ0n) is 10.8. The van der Waals surface area contributed by atoms with E-state index in [9.17, 15) is 9.90 Å². The predicted molar refractivity (Wildman–Crippen MR) is 69.7 cm³/mol. The number of aromatic carboxylic acids is 1. The molecule has 0 bridgehead atoms. The maximum absolute atomic E-state index is 11.4. The van der Waals surface area contributed by atoms with Gasteiger partial charge in [-0.3, -0.25) is 4.57 Å². The number of pyridine rings is 1. The minimum atomic E-state index is -0.937. The summed E-state index contributed by atoms with van der Waals surface area (Å²) < 4.78 is 1.78. The second-order valence-corrected chi connectivity index (χ2v) is 4.69. The van der Waals surface area contributed by atoms with Crippen molar-refractivity contribution in [2.75, 3.05) is 0 Å². The second kappa shape index (κ2) is 4.50. The van der Waals surface area contributed by atoms with Crippen LogP contribution in [0.5, 0.6) is 0 Å². The standard InChI is InChI=1S/C14H15N3O2/c1-2-12-15-6-7-17(12)13-10(14(18)19)8-9-4-3-5-11(9)16-13/h6-8H,2-5H2,1H3,(H,18,19). The molecule has 0 radical (unpaired) electrons. The van der Waals surface area contributed by atoms with Crippen molar-refractivity contribution in [2.45, 2.75) is 32.6 Å². The van der Waals surface area contributed by atoms with Crippen molar-refractivity contribution in [3.05, 3.63) is 41.1 Å². The zero-order valence-corrected chi connectivity index (χ0v) is 10.8. The Morgan fingerprint density at radius 2 is 2.32 bits per heavy atom. The summed E-state index contributed by atoms with van der Waals surface area (Å²) in [4.78, 5) is 20.2. The molecule has 5 heteroatoms. The highest BCUT2D eigenvalue weighted by Crippen LogP contribution is 2.25. The monoisotopic (exact) mass is 257 g/mol. The molecule has 0 aromatic carbocycles. The molecule has 2 aromatic heterocycles. The molecule has 0 saturated carbocycles. The number of nitrogens with zero attached hydrogens (tertiary/aromatic N) is 3. The SMILES string of the molecule is CCc1nccn1-c1nc2c(cc1C(=O)O)CCC2. The number of hydrogen-bond acceptors (Lipinski definition) is 3. The summed E-state index contributed by atoms with van der Waals surface area (Å²) >= 11 is 0. The highest BCUT2D eigenvalue weighted by Gasteiger charge is 2.21. The topological polar surface area (TPSA) is 68.0 Å². The van der Waals surface area contributed by atoms with Gasteiger partial charge in [0.25, 0.3) is 0 Å². The molecule has 0 spiro atoms. The van der Waals surface area contributed by atoms with Crippen LogP contribution >= 0.6 is 0 Å². The lowest BCUT2D eigenvalue weighted by Crippen LogP contribution is -2.11. The first-order valence-corrected chi connectivity index (χ1v) is 6.49. The van der Waals surface area contributed by atoms with E-state index in [1.54, 1.807) is 23.0 Å². The van der Waals surface area contributed by atoms with Crippen LogP contribution in [-0.2, 0) is 19.3 Å². The summed E-state index contributed by atoms with van der Waals surface area (Å²) in [5.41, 5.74) is 2.35. The number of fused-ring (bicyclic) bond motifs is 1. The van der Waals surface area contributed by atoms with Gasteiger partial charge in [-0.05, 0) is 30.9 Å². The summed E-state index contributed by atoms with van der Waals surface area (Å²) in [7, 11) is 0. The van der Waals surface area contributed by atoms with Crippen LogP contribution in [-0.4, -0.2) is 25.6 Å². The smallest absolute Gasteiger partial charge is 0.339 e. The molecular formula is C14H15N3O2. The highest BCUT2D eigenvalue weighted by atomic mass is 16.4. The number of hydrogen-bond donors (Lipinski definition) is 1. The van der Waals surface area contributed by atoms with Gasteiger partial charge in [0.1, 0.15) is 11.4 Å². The van der Waals surface area contributed by atoms with Crippen LogP contribution < -0.4 is 0 Å². The van der Waals surface area contributed by atoms with E-state index in [2.05, 4.69) is 9.97 Å². The third kappa shape index (κ3) is 1.91. The fourth-order valence-corrected chi connectivity index (χ4v) is 2.59. The molecule has 19 heavy (non-hydrogen) atoms. The Balaban J connectivity index is 2.22. The summed E-state index contributed by atoms with van der Waals surface area (Å²) in [5, 5.41) is 9.39. The molecule has 2 heterocycles. The van der Waals surface area contributed by atoms with E-state index in [1.807, 2.05) is 6.92 Å². The highest BCUT2D eigenvalue weighted by molar-refractivity contribution is 5.91. The lowest BCUT2D eigenvalue weighted by molar-refractivity contribution is 0.0696. The van der Waals surface area contributed by atoms with Crippen LogP contribution in [0.15, 0.2) is 18.5 Å². The second-order valence-electron chi connectivity index (χ2n) is 4.69. The van der Waals surface area contributed by atoms with Crippen molar-refractivity contribution in [1.82, 2.24) is 14.5 Å². The van der Waals surface area contributed by atoms with Crippen LogP contribution in [0.3, 0.4) is 0 Å². The molecule has 3 rings (SSSR count). The maximum atomic E-state index is 11.4. The van der Waals surface area contributed by atoms with Crippen LogP contribution in [0.2, 0.25) is 0 Å². The lowest BCUT2D eigenvalue weighted by atomic mass is 10.1. The molecular weight excluding hydrogens is 242 g/mol. The summed E-state index contributed by atoms with van der Waals surface area (Å²) in [6.07, 6.45) is 7.10. The summed E-state index contributed by atoms with van der Waals surface area (Å²) in [5.74, 6) is 0.378. The Morgan fingerprint density at radius 3 is 3.05 bits per heavy atom. The van der Waals surface area contributed by atoms with Crippen molar-refractivity contribution >= 4 is 5.97 Å². The summed E-state index contributed by atoms with van der Waals surface area (Å²) in [6, 6.07) is 1.77. The molecule has 2 aromatic rings. The Labute approximate surface area is 110 Å². The largest absolute Gasteiger partial charge is 0.478 e. The first-order chi connectivity index (χ1) is 9.20. The minimum absolute atomic E-state index is 0.258. The van der Waals surface area contributed by atoms with Crippen molar-refractivity contribution in [3.63, 3.8) is 0 Å². The molecule has 0 aliphatic heterocycles. The number of rotatable bonds is 3. The van der Waals surface area contributed by atoms with Crippen LogP contribution in [0.4, 0.5) is 0 Å². The van der Waals surface area contributed by atoms with Gasteiger partial charge in [-0.25, -0.2) is 14.8 Å². The predicted octanol–water partition coefficient (Wildman–Crippen LogP) is 2.02. The van der Waals surface area contributed by atoms with Gasteiger partial charge >= 0.3 is 5.97 Å². The number of aryl methyl sites for hydroxylation is 3. The number of aromatic nitrogens is 3. The molecule has 1 aliphatic carbocycles. The van der Waals surface area contributed by atoms with E-state index in [0.717, 1.165) is 42.8 Å². The third-order valence-electron chi connectivity index (χ3n) is 3.52. The van der Waals surface area contributed by atoms with E-state index in [-0.39, 0.29) is 5.56 Å². The van der Waals surface area contributed by atoms with E-state index in [0.29, 0.717) is 5.82 Å². The number of imidazole rings is 1. The van der Waals surface area contributed by atoms with Gasteiger partial charge in [0.15, 0.2) is 5.82 Å². The Kier molecular flexibility index (Phi) is 2.81. The molecule has 1 aliphatic rings. The number of carbonyl (C=O) groups is 1. The molecule has 0 unspecified atom stereocenters. The normalized spacial score (nSPS) is 13.5. The van der Waals surface area contributed by atoms with E-state index >= 15 is 0 Å². The molecule has 5 nitrogen and oxygen atoms in total. The molecule has 0 atom stereocenters. The molecule has 0 saturated heterocycles. The Bertz CT molecular complexity index is 646. The Hall–Kier alpha value is -2.17. The first kappa shape index (κ1) is 11.9. The summed E-state index contributed by atoms with van der Waals surface area (Å²) in [6.45, 7) is 1.99. The van der Waals surface area contributed by atoms with E-state index in [1.165, 1.54) is 0 Å². The average Bonchev–Trinajstić information content (AvgIpc) is 3.04. The molecule has 98 valence electrons. The third-order valence-corrected chi connectivity index (χ3v) is 3.52. The quantitative estimate of drug-likeness (QED) is 0.913. The maximum Gasteiger partial charge on any atom is 0.339 e. The van der Waals surface area contributed by atoms with Crippen LogP contribution in [0.25, 0.3) is 5.82 Å².